The van der Waals surface area contributed by atoms with Gasteiger partial charge in [0.2, 0.25) is 0 Å². The Hall–Kier alpha value is -1.62. The van der Waals surface area contributed by atoms with E-state index in [4.69, 9.17) is 0 Å². The lowest BCUT2D eigenvalue weighted by Crippen LogP contribution is -2.06. The van der Waals surface area contributed by atoms with Gasteiger partial charge in [-0.3, -0.25) is 4.79 Å². The lowest BCUT2D eigenvalue weighted by Gasteiger charge is -2.08. The predicted octanol–water partition coefficient (Wildman–Crippen LogP) is 4.08. The molecule has 0 spiro atoms. The number of hydrogen-bond donors (Lipinski definition) is 0. The first kappa shape index (κ1) is 14.9. The van der Waals surface area contributed by atoms with Crippen molar-refractivity contribution in [3.8, 4) is 0 Å². The molecular formula is C18H21N3OS. The summed E-state index contributed by atoms with van der Waals surface area (Å²) in [4.78, 5) is 12.5. The van der Waals surface area contributed by atoms with Gasteiger partial charge in [-0.05, 0) is 56.7 Å². The molecule has 0 radical (unpaired) electrons. The van der Waals surface area contributed by atoms with E-state index >= 15 is 0 Å². The van der Waals surface area contributed by atoms with Gasteiger partial charge < -0.3 is 4.57 Å². The minimum absolute atomic E-state index is 0.163. The molecule has 2 aromatic rings. The van der Waals surface area contributed by atoms with Crippen molar-refractivity contribution in [3.63, 3.8) is 0 Å². The molecule has 0 unspecified atom stereocenters. The molecule has 4 rings (SSSR count). The van der Waals surface area contributed by atoms with Crippen molar-refractivity contribution in [1.82, 2.24) is 14.8 Å². The van der Waals surface area contributed by atoms with Crippen LogP contribution in [-0.2, 0) is 0 Å². The lowest BCUT2D eigenvalue weighted by molar-refractivity contribution is 0.102. The van der Waals surface area contributed by atoms with Gasteiger partial charge in [-0.2, -0.15) is 0 Å². The summed E-state index contributed by atoms with van der Waals surface area (Å²) < 4.78 is 2.30. The van der Waals surface area contributed by atoms with Crippen LogP contribution in [0.2, 0.25) is 0 Å². The fraction of sp³-hybridized carbons (Fsp3) is 0.500. The number of ketones is 1. The van der Waals surface area contributed by atoms with Crippen LogP contribution >= 0.6 is 11.8 Å². The lowest BCUT2D eigenvalue weighted by atomic mass is 10.0. The second kappa shape index (κ2) is 5.78. The summed E-state index contributed by atoms with van der Waals surface area (Å²) in [6.07, 6.45) is 4.90. The summed E-state index contributed by atoms with van der Waals surface area (Å²) in [6.45, 7) is 4.11. The number of rotatable bonds is 6. The van der Waals surface area contributed by atoms with Gasteiger partial charge in [0.1, 0.15) is 5.82 Å². The van der Waals surface area contributed by atoms with Gasteiger partial charge in [0.15, 0.2) is 10.9 Å². The molecule has 120 valence electrons. The SMILES string of the molecule is Cc1ccc(C(=O)CSc2nnc(C3CC3)n2C2CC2)cc1C. The Morgan fingerprint density at radius 1 is 1.17 bits per heavy atom. The van der Waals surface area contributed by atoms with Gasteiger partial charge in [-0.25, -0.2) is 0 Å². The third-order valence-corrected chi connectivity index (χ3v) is 5.65. The van der Waals surface area contributed by atoms with E-state index in [9.17, 15) is 4.79 Å². The number of carbonyl (C=O) groups is 1. The molecule has 2 fully saturated rings. The molecule has 0 aliphatic heterocycles. The summed E-state index contributed by atoms with van der Waals surface area (Å²) in [5.74, 6) is 2.34. The summed E-state index contributed by atoms with van der Waals surface area (Å²) in [6, 6.07) is 6.50. The third kappa shape index (κ3) is 3.07. The number of hydrogen-bond acceptors (Lipinski definition) is 4. The average Bonchev–Trinajstić information content (AvgIpc) is 3.46. The highest BCUT2D eigenvalue weighted by molar-refractivity contribution is 7.99. The van der Waals surface area contributed by atoms with E-state index in [2.05, 4.69) is 21.7 Å². The quantitative estimate of drug-likeness (QED) is 0.592. The topological polar surface area (TPSA) is 47.8 Å². The number of nitrogens with zero attached hydrogens (tertiary/aromatic N) is 3. The molecule has 1 aromatic carbocycles. The largest absolute Gasteiger partial charge is 0.303 e. The third-order valence-electron chi connectivity index (χ3n) is 4.71. The van der Waals surface area contributed by atoms with Gasteiger partial charge in [0, 0.05) is 17.5 Å². The molecule has 5 heteroatoms. The summed E-state index contributed by atoms with van der Waals surface area (Å²) in [5, 5.41) is 9.68. The van der Waals surface area contributed by atoms with Crippen molar-refractivity contribution in [2.45, 2.75) is 56.6 Å². The van der Waals surface area contributed by atoms with E-state index in [0.29, 0.717) is 17.7 Å². The number of thioether (sulfide) groups is 1. The van der Waals surface area contributed by atoms with E-state index in [1.54, 1.807) is 0 Å². The second-order valence-electron chi connectivity index (χ2n) is 6.73. The Balaban J connectivity index is 1.48. The first-order chi connectivity index (χ1) is 11.1. The highest BCUT2D eigenvalue weighted by Crippen LogP contribution is 2.46. The van der Waals surface area contributed by atoms with Crippen molar-refractivity contribution in [2.24, 2.45) is 0 Å². The maximum Gasteiger partial charge on any atom is 0.191 e. The van der Waals surface area contributed by atoms with Crippen molar-refractivity contribution >= 4 is 17.5 Å². The zero-order chi connectivity index (χ0) is 16.0. The number of carbonyl (C=O) groups excluding carboxylic acids is 1. The zero-order valence-corrected chi connectivity index (χ0v) is 14.4. The maximum absolute atomic E-state index is 12.5. The van der Waals surface area contributed by atoms with Crippen molar-refractivity contribution in [3.05, 3.63) is 40.7 Å². The normalized spacial score (nSPS) is 17.5. The second-order valence-corrected chi connectivity index (χ2v) is 7.67. The molecule has 1 aromatic heterocycles. The van der Waals surface area contributed by atoms with Crippen LogP contribution in [0.3, 0.4) is 0 Å². The molecule has 1 heterocycles. The number of Topliss-reactive ketones (excluding diaryl/α,β-unsaturated/α-hetero) is 1. The smallest absolute Gasteiger partial charge is 0.191 e. The molecule has 23 heavy (non-hydrogen) atoms. The van der Waals surface area contributed by atoms with Gasteiger partial charge in [-0.15, -0.1) is 10.2 Å². The van der Waals surface area contributed by atoms with Gasteiger partial charge in [0.05, 0.1) is 5.75 Å². The Labute approximate surface area is 140 Å². The first-order valence-electron chi connectivity index (χ1n) is 8.31. The van der Waals surface area contributed by atoms with Gasteiger partial charge >= 0.3 is 0 Å². The molecule has 0 atom stereocenters. The Morgan fingerprint density at radius 2 is 1.96 bits per heavy atom. The van der Waals surface area contributed by atoms with Crippen molar-refractivity contribution in [2.75, 3.05) is 5.75 Å². The van der Waals surface area contributed by atoms with Crippen LogP contribution in [0.1, 0.15) is 65.0 Å². The summed E-state index contributed by atoms with van der Waals surface area (Å²) in [5.41, 5.74) is 3.18. The maximum atomic E-state index is 12.5. The molecule has 0 N–H and O–H groups in total. The van der Waals surface area contributed by atoms with Crippen LogP contribution in [0.25, 0.3) is 0 Å². The predicted molar refractivity (Wildman–Crippen MR) is 91.2 cm³/mol. The minimum Gasteiger partial charge on any atom is -0.303 e. The van der Waals surface area contributed by atoms with Gasteiger partial charge in [-0.1, -0.05) is 23.9 Å². The fourth-order valence-electron chi connectivity index (χ4n) is 2.81. The Bertz CT molecular complexity index is 760. The van der Waals surface area contributed by atoms with Crippen molar-refractivity contribution in [1.29, 1.82) is 0 Å². The monoisotopic (exact) mass is 327 g/mol. The fourth-order valence-corrected chi connectivity index (χ4v) is 3.72. The highest BCUT2D eigenvalue weighted by Gasteiger charge is 2.36. The van der Waals surface area contributed by atoms with E-state index < -0.39 is 0 Å². The van der Waals surface area contributed by atoms with Crippen LogP contribution < -0.4 is 0 Å². The van der Waals surface area contributed by atoms with Crippen LogP contribution in [0.4, 0.5) is 0 Å². The number of aryl methyl sites for hydroxylation is 2. The van der Waals surface area contributed by atoms with Crippen LogP contribution in [0.5, 0.6) is 0 Å². The molecule has 0 saturated heterocycles. The molecule has 2 saturated carbocycles. The number of aromatic nitrogens is 3. The summed E-state index contributed by atoms with van der Waals surface area (Å²) in [7, 11) is 0. The average molecular weight is 327 g/mol. The zero-order valence-electron chi connectivity index (χ0n) is 13.6. The molecule has 4 nitrogen and oxygen atoms in total. The molecule has 2 aliphatic carbocycles. The molecule has 0 bridgehead atoms. The van der Waals surface area contributed by atoms with Crippen molar-refractivity contribution < 1.29 is 4.79 Å². The van der Waals surface area contributed by atoms with Crippen LogP contribution in [0, 0.1) is 13.8 Å². The molecule has 0 amide bonds. The summed E-state index contributed by atoms with van der Waals surface area (Å²) >= 11 is 1.53. The van der Waals surface area contributed by atoms with Crippen LogP contribution in [0.15, 0.2) is 23.4 Å². The highest BCUT2D eigenvalue weighted by atomic mass is 32.2. The number of benzene rings is 1. The minimum atomic E-state index is 0.163. The Kier molecular flexibility index (Phi) is 3.76. The van der Waals surface area contributed by atoms with Gasteiger partial charge in [0.25, 0.3) is 0 Å². The first-order valence-corrected chi connectivity index (χ1v) is 9.30. The molecular weight excluding hydrogens is 306 g/mol. The molecule has 2 aliphatic rings. The van der Waals surface area contributed by atoms with E-state index in [1.807, 2.05) is 25.1 Å². The van der Waals surface area contributed by atoms with E-state index in [1.165, 1.54) is 43.0 Å². The van der Waals surface area contributed by atoms with E-state index in [0.717, 1.165) is 22.1 Å². The van der Waals surface area contributed by atoms with Crippen LogP contribution in [-0.4, -0.2) is 26.3 Å². The standard InChI is InChI=1S/C18H21N3OS/c1-11-3-4-14(9-12(11)2)16(22)10-23-18-20-19-17(13-5-6-13)21(18)15-7-8-15/h3-4,9,13,15H,5-8,10H2,1-2H3. The van der Waals surface area contributed by atoms with E-state index in [-0.39, 0.29) is 5.78 Å². The Morgan fingerprint density at radius 3 is 2.61 bits per heavy atom.